The lowest BCUT2D eigenvalue weighted by Gasteiger charge is -2.23. The molecule has 3 nitrogen and oxygen atoms in total. The maximum absolute atomic E-state index is 11.7. The lowest BCUT2D eigenvalue weighted by Crippen LogP contribution is -2.26. The Balaban J connectivity index is 1.72. The Labute approximate surface area is 114 Å². The lowest BCUT2D eigenvalue weighted by atomic mass is 9.85. The van der Waals surface area contributed by atoms with Crippen LogP contribution in [0.3, 0.4) is 0 Å². The molecule has 19 heavy (non-hydrogen) atoms. The van der Waals surface area contributed by atoms with Crippen molar-refractivity contribution < 1.29 is 14.6 Å². The van der Waals surface area contributed by atoms with Crippen molar-refractivity contribution in [3.05, 3.63) is 35.9 Å². The Morgan fingerprint density at radius 3 is 2.58 bits per heavy atom. The van der Waals surface area contributed by atoms with Crippen LogP contribution in [0.1, 0.15) is 44.1 Å². The summed E-state index contributed by atoms with van der Waals surface area (Å²) in [5, 5.41) is 9.87. The van der Waals surface area contributed by atoms with E-state index in [9.17, 15) is 9.90 Å². The first-order valence-electron chi connectivity index (χ1n) is 7.14. The van der Waals surface area contributed by atoms with E-state index in [1.165, 1.54) is 19.3 Å². The highest BCUT2D eigenvalue weighted by atomic mass is 16.5. The fraction of sp³-hybridized carbons (Fsp3) is 0.562. The summed E-state index contributed by atoms with van der Waals surface area (Å²) in [4.78, 5) is 11.7. The van der Waals surface area contributed by atoms with Crippen molar-refractivity contribution in [2.24, 2.45) is 5.92 Å². The molecule has 3 heteroatoms. The van der Waals surface area contributed by atoms with Gasteiger partial charge in [0.05, 0.1) is 0 Å². The first-order chi connectivity index (χ1) is 9.25. The van der Waals surface area contributed by atoms with E-state index < -0.39 is 12.1 Å². The lowest BCUT2D eigenvalue weighted by molar-refractivity contribution is -0.156. The predicted octanol–water partition coefficient (Wildman–Crippen LogP) is 3.06. The molecule has 104 valence electrons. The van der Waals surface area contributed by atoms with Crippen molar-refractivity contribution in [3.63, 3.8) is 0 Å². The minimum Gasteiger partial charge on any atom is -0.459 e. The highest BCUT2D eigenvalue weighted by Gasteiger charge is 2.23. The Morgan fingerprint density at radius 2 is 1.89 bits per heavy atom. The molecular formula is C16H22O3. The number of aliphatic hydroxyl groups excluding tert-OH is 1. The SMILES string of the molecule is O=C(OCc1ccccc1)[C@H](O)CC1CCCCC1. The fourth-order valence-electron chi connectivity index (χ4n) is 2.66. The molecule has 0 amide bonds. The van der Waals surface area contributed by atoms with Crippen LogP contribution in [0, 0.1) is 5.92 Å². The van der Waals surface area contributed by atoms with Gasteiger partial charge < -0.3 is 9.84 Å². The van der Waals surface area contributed by atoms with E-state index in [0.717, 1.165) is 18.4 Å². The highest BCUT2D eigenvalue weighted by Crippen LogP contribution is 2.27. The van der Waals surface area contributed by atoms with E-state index in [1.54, 1.807) is 0 Å². The second-order valence-corrected chi connectivity index (χ2v) is 5.35. The molecular weight excluding hydrogens is 240 g/mol. The summed E-state index contributed by atoms with van der Waals surface area (Å²) in [5.41, 5.74) is 0.945. The minimum atomic E-state index is -0.966. The molecule has 0 radical (unpaired) electrons. The average Bonchev–Trinajstić information content (AvgIpc) is 2.47. The van der Waals surface area contributed by atoms with Gasteiger partial charge in [-0.25, -0.2) is 4.79 Å². The van der Waals surface area contributed by atoms with E-state index in [1.807, 2.05) is 30.3 Å². The zero-order valence-electron chi connectivity index (χ0n) is 11.3. The maximum Gasteiger partial charge on any atom is 0.335 e. The van der Waals surface area contributed by atoms with Crippen LogP contribution < -0.4 is 0 Å². The molecule has 1 fully saturated rings. The van der Waals surface area contributed by atoms with E-state index in [2.05, 4.69) is 0 Å². The number of carbonyl (C=O) groups excluding carboxylic acids is 1. The third-order valence-electron chi connectivity index (χ3n) is 3.78. The van der Waals surface area contributed by atoms with Crippen molar-refractivity contribution >= 4 is 5.97 Å². The zero-order valence-corrected chi connectivity index (χ0v) is 11.3. The van der Waals surface area contributed by atoms with Crippen molar-refractivity contribution in [3.8, 4) is 0 Å². The molecule has 1 aliphatic rings. The Morgan fingerprint density at radius 1 is 1.21 bits per heavy atom. The van der Waals surface area contributed by atoms with Crippen LogP contribution in [0.2, 0.25) is 0 Å². The van der Waals surface area contributed by atoms with Crippen LogP contribution in [0.5, 0.6) is 0 Å². The van der Waals surface area contributed by atoms with Gasteiger partial charge in [-0.3, -0.25) is 0 Å². The van der Waals surface area contributed by atoms with Gasteiger partial charge in [-0.15, -0.1) is 0 Å². The molecule has 0 saturated heterocycles. The predicted molar refractivity (Wildman–Crippen MR) is 73.4 cm³/mol. The van der Waals surface area contributed by atoms with Gasteiger partial charge in [-0.2, -0.15) is 0 Å². The Hall–Kier alpha value is -1.35. The van der Waals surface area contributed by atoms with Gasteiger partial charge in [0.1, 0.15) is 6.61 Å². The molecule has 0 bridgehead atoms. The summed E-state index contributed by atoms with van der Waals surface area (Å²) >= 11 is 0. The molecule has 1 N–H and O–H groups in total. The van der Waals surface area contributed by atoms with Crippen LogP contribution in [0.15, 0.2) is 30.3 Å². The summed E-state index contributed by atoms with van der Waals surface area (Å²) < 4.78 is 5.14. The van der Waals surface area contributed by atoms with Gasteiger partial charge in [0.25, 0.3) is 0 Å². The van der Waals surface area contributed by atoms with E-state index in [4.69, 9.17) is 4.74 Å². The molecule has 0 unspecified atom stereocenters. The normalized spacial score (nSPS) is 17.9. The fourth-order valence-corrected chi connectivity index (χ4v) is 2.66. The number of hydrogen-bond donors (Lipinski definition) is 1. The van der Waals surface area contributed by atoms with E-state index >= 15 is 0 Å². The number of carbonyl (C=O) groups is 1. The Kier molecular flexibility index (Phi) is 5.40. The molecule has 1 aromatic carbocycles. The van der Waals surface area contributed by atoms with Gasteiger partial charge in [0.2, 0.25) is 0 Å². The number of esters is 1. The molecule has 1 aliphatic carbocycles. The third-order valence-corrected chi connectivity index (χ3v) is 3.78. The van der Waals surface area contributed by atoms with Crippen LogP contribution >= 0.6 is 0 Å². The minimum absolute atomic E-state index is 0.237. The van der Waals surface area contributed by atoms with Crippen molar-refractivity contribution in [1.29, 1.82) is 0 Å². The smallest absolute Gasteiger partial charge is 0.335 e. The molecule has 0 aliphatic heterocycles. The summed E-state index contributed by atoms with van der Waals surface area (Å²) in [6.07, 6.45) is 5.56. The molecule has 2 rings (SSSR count). The van der Waals surface area contributed by atoms with Crippen molar-refractivity contribution in [1.82, 2.24) is 0 Å². The van der Waals surface area contributed by atoms with Crippen LogP contribution in [-0.4, -0.2) is 17.2 Å². The molecule has 1 atom stereocenters. The molecule has 0 aromatic heterocycles. The van der Waals surface area contributed by atoms with E-state index in [0.29, 0.717) is 12.3 Å². The number of rotatable bonds is 5. The summed E-state index contributed by atoms with van der Waals surface area (Å²) in [6.45, 7) is 0.237. The molecule has 0 spiro atoms. The third kappa shape index (κ3) is 4.67. The quantitative estimate of drug-likeness (QED) is 0.830. The van der Waals surface area contributed by atoms with Crippen LogP contribution in [0.25, 0.3) is 0 Å². The molecule has 0 heterocycles. The van der Waals surface area contributed by atoms with Gasteiger partial charge in [-0.1, -0.05) is 62.4 Å². The topological polar surface area (TPSA) is 46.5 Å². The number of hydrogen-bond acceptors (Lipinski definition) is 3. The highest BCUT2D eigenvalue weighted by molar-refractivity contribution is 5.74. The van der Waals surface area contributed by atoms with Gasteiger partial charge in [-0.05, 0) is 17.9 Å². The first kappa shape index (κ1) is 14.1. The van der Waals surface area contributed by atoms with Crippen molar-refractivity contribution in [2.45, 2.75) is 51.2 Å². The summed E-state index contributed by atoms with van der Waals surface area (Å²) in [6, 6.07) is 9.54. The maximum atomic E-state index is 11.7. The zero-order chi connectivity index (χ0) is 13.5. The molecule has 1 saturated carbocycles. The second-order valence-electron chi connectivity index (χ2n) is 5.35. The van der Waals surface area contributed by atoms with Crippen molar-refractivity contribution in [2.75, 3.05) is 0 Å². The number of ether oxygens (including phenoxy) is 1. The summed E-state index contributed by atoms with van der Waals surface area (Å²) in [7, 11) is 0. The van der Waals surface area contributed by atoms with E-state index in [-0.39, 0.29) is 6.61 Å². The van der Waals surface area contributed by atoms with Gasteiger partial charge in [0, 0.05) is 0 Å². The first-order valence-corrected chi connectivity index (χ1v) is 7.14. The number of aliphatic hydroxyl groups is 1. The standard InChI is InChI=1S/C16H22O3/c17-15(11-13-7-3-1-4-8-13)16(18)19-12-14-9-5-2-6-10-14/h2,5-6,9-10,13,15,17H,1,3-4,7-8,11-12H2/t15-/m1/s1. The van der Waals surface area contributed by atoms with Gasteiger partial charge in [0.15, 0.2) is 6.10 Å². The van der Waals surface area contributed by atoms with Gasteiger partial charge >= 0.3 is 5.97 Å². The van der Waals surface area contributed by atoms with Crippen LogP contribution in [0.4, 0.5) is 0 Å². The second kappa shape index (κ2) is 7.29. The number of benzene rings is 1. The largest absolute Gasteiger partial charge is 0.459 e. The average molecular weight is 262 g/mol. The van der Waals surface area contributed by atoms with Crippen LogP contribution in [-0.2, 0) is 16.1 Å². The molecule has 1 aromatic rings. The monoisotopic (exact) mass is 262 g/mol. The Bertz CT molecular complexity index is 382. The summed E-state index contributed by atoms with van der Waals surface area (Å²) in [5.74, 6) is -0.0116.